The first-order chi connectivity index (χ1) is 12.9. The Kier molecular flexibility index (Phi) is 4.37. The summed E-state index contributed by atoms with van der Waals surface area (Å²) in [5, 5.41) is 0.768. The number of nitrogens with zero attached hydrogens (tertiary/aromatic N) is 3. The lowest BCUT2D eigenvalue weighted by atomic mass is 10.1. The number of H-pyrrole nitrogens is 1. The Morgan fingerprint density at radius 3 is 2.93 bits per heavy atom. The van der Waals surface area contributed by atoms with E-state index in [0.29, 0.717) is 23.4 Å². The van der Waals surface area contributed by atoms with Crippen LogP contribution in [-0.4, -0.2) is 45.0 Å². The highest BCUT2D eigenvalue weighted by Crippen LogP contribution is 2.32. The monoisotopic (exact) mass is 380 g/mol. The van der Waals surface area contributed by atoms with Crippen molar-refractivity contribution in [1.29, 1.82) is 0 Å². The molecule has 0 unspecified atom stereocenters. The number of hydrogen-bond donors (Lipinski definition) is 1. The van der Waals surface area contributed by atoms with Gasteiger partial charge in [-0.25, -0.2) is 9.97 Å². The van der Waals surface area contributed by atoms with Crippen LogP contribution in [0.4, 0.5) is 13.2 Å². The first-order valence-corrected chi connectivity index (χ1v) is 8.64. The number of alkyl halides is 3. The van der Waals surface area contributed by atoms with Gasteiger partial charge < -0.3 is 14.3 Å². The van der Waals surface area contributed by atoms with Gasteiger partial charge in [0.1, 0.15) is 18.2 Å². The van der Waals surface area contributed by atoms with Crippen molar-refractivity contribution >= 4 is 16.9 Å². The van der Waals surface area contributed by atoms with Gasteiger partial charge in [-0.2, -0.15) is 13.2 Å². The molecule has 0 radical (unpaired) electrons. The van der Waals surface area contributed by atoms with Gasteiger partial charge >= 0.3 is 6.18 Å². The van der Waals surface area contributed by atoms with E-state index in [1.807, 2.05) is 6.07 Å². The van der Waals surface area contributed by atoms with E-state index in [1.54, 1.807) is 6.20 Å². The minimum Gasteiger partial charge on any atom is -0.458 e. The van der Waals surface area contributed by atoms with Crippen LogP contribution in [-0.2, 0) is 0 Å². The molecule has 27 heavy (non-hydrogen) atoms. The standard InChI is InChI=1S/C18H17F3N4O2.H2/c19-18(20,21)4-6-25(8-11-1-2-11)17(26)14-7-12(9-27-14)15-13-3-5-22-16(13)24-10-23-15;/h3,5,7,9-11H,1-2,4,6,8H2,(H,22,23,24);1H. The van der Waals surface area contributed by atoms with E-state index in [4.69, 9.17) is 4.42 Å². The molecule has 1 saturated carbocycles. The van der Waals surface area contributed by atoms with Gasteiger partial charge in [0.05, 0.1) is 12.1 Å². The Hall–Kier alpha value is -2.84. The van der Waals surface area contributed by atoms with Gasteiger partial charge in [0.2, 0.25) is 0 Å². The number of carbonyl (C=O) groups is 1. The fourth-order valence-corrected chi connectivity index (χ4v) is 2.98. The second kappa shape index (κ2) is 6.71. The third-order valence-corrected chi connectivity index (χ3v) is 4.57. The van der Waals surface area contributed by atoms with Gasteiger partial charge in [0, 0.05) is 31.7 Å². The molecule has 144 valence electrons. The van der Waals surface area contributed by atoms with Crippen molar-refractivity contribution in [2.75, 3.05) is 13.1 Å². The second-order valence-corrected chi connectivity index (χ2v) is 6.72. The number of furan rings is 1. The quantitative estimate of drug-likeness (QED) is 0.693. The predicted molar refractivity (Wildman–Crippen MR) is 93.0 cm³/mol. The summed E-state index contributed by atoms with van der Waals surface area (Å²) in [5.74, 6) is -0.246. The maximum atomic E-state index is 12.7. The van der Waals surface area contributed by atoms with Gasteiger partial charge in [-0.15, -0.1) is 0 Å². The van der Waals surface area contributed by atoms with E-state index >= 15 is 0 Å². The fourth-order valence-electron chi connectivity index (χ4n) is 2.98. The summed E-state index contributed by atoms with van der Waals surface area (Å²) < 4.78 is 43.2. The van der Waals surface area contributed by atoms with Crippen molar-refractivity contribution in [2.24, 2.45) is 5.92 Å². The number of rotatable bonds is 6. The number of amides is 1. The molecule has 3 aromatic rings. The van der Waals surface area contributed by atoms with Gasteiger partial charge in [-0.1, -0.05) is 0 Å². The molecule has 0 atom stereocenters. The summed E-state index contributed by atoms with van der Waals surface area (Å²) >= 11 is 0. The fraction of sp³-hybridized carbons (Fsp3) is 0.389. The lowest BCUT2D eigenvalue weighted by Gasteiger charge is -2.22. The molecule has 0 bridgehead atoms. The molecule has 9 heteroatoms. The van der Waals surface area contributed by atoms with E-state index in [0.717, 1.165) is 18.2 Å². The zero-order chi connectivity index (χ0) is 19.0. The molecule has 1 fully saturated rings. The topological polar surface area (TPSA) is 75.0 Å². The first kappa shape index (κ1) is 17.6. The van der Waals surface area contributed by atoms with Gasteiger partial charge in [0.25, 0.3) is 5.91 Å². The van der Waals surface area contributed by atoms with Crippen molar-refractivity contribution < 1.29 is 23.8 Å². The van der Waals surface area contributed by atoms with E-state index in [-0.39, 0.29) is 19.6 Å². The van der Waals surface area contributed by atoms with E-state index < -0.39 is 18.5 Å². The van der Waals surface area contributed by atoms with Crippen molar-refractivity contribution in [2.45, 2.75) is 25.4 Å². The molecule has 1 aliphatic rings. The van der Waals surface area contributed by atoms with Crippen LogP contribution < -0.4 is 0 Å². The molecule has 0 spiro atoms. The molecule has 1 amide bonds. The average molecular weight is 380 g/mol. The highest BCUT2D eigenvalue weighted by atomic mass is 19.4. The number of aromatic amines is 1. The summed E-state index contributed by atoms with van der Waals surface area (Å²) in [6.07, 6.45) is 1.04. The van der Waals surface area contributed by atoms with Crippen molar-refractivity contribution in [3.8, 4) is 11.3 Å². The lowest BCUT2D eigenvalue weighted by molar-refractivity contribution is -0.136. The average Bonchev–Trinajstić information content (AvgIpc) is 3.11. The molecular formula is C18H19F3N4O2. The Balaban J connectivity index is 0.00000225. The molecule has 1 N–H and O–H groups in total. The molecular weight excluding hydrogens is 361 g/mol. The zero-order valence-electron chi connectivity index (χ0n) is 14.3. The number of halogens is 3. The minimum atomic E-state index is -4.31. The van der Waals surface area contributed by atoms with Crippen LogP contribution in [0.5, 0.6) is 0 Å². The van der Waals surface area contributed by atoms with E-state index in [1.165, 1.54) is 23.6 Å². The molecule has 3 aromatic heterocycles. The highest BCUT2D eigenvalue weighted by Gasteiger charge is 2.33. The Morgan fingerprint density at radius 2 is 2.19 bits per heavy atom. The number of nitrogens with one attached hydrogen (secondary N) is 1. The van der Waals surface area contributed by atoms with Crippen LogP contribution in [0.2, 0.25) is 0 Å². The third kappa shape index (κ3) is 3.96. The predicted octanol–water partition coefficient (Wildman–Crippen LogP) is 4.27. The van der Waals surface area contributed by atoms with Crippen molar-refractivity contribution in [1.82, 2.24) is 19.9 Å². The van der Waals surface area contributed by atoms with Crippen LogP contribution in [0.15, 0.2) is 35.3 Å². The smallest absolute Gasteiger partial charge is 0.390 e. The summed E-state index contributed by atoms with van der Waals surface area (Å²) in [5.41, 5.74) is 1.82. The van der Waals surface area contributed by atoms with Gasteiger partial charge in [-0.05, 0) is 30.9 Å². The Morgan fingerprint density at radius 1 is 1.37 bits per heavy atom. The summed E-state index contributed by atoms with van der Waals surface area (Å²) in [4.78, 5) is 25.3. The number of hydrogen-bond acceptors (Lipinski definition) is 4. The Bertz CT molecular complexity index is 965. The van der Waals surface area contributed by atoms with Crippen LogP contribution in [0.3, 0.4) is 0 Å². The molecule has 3 heterocycles. The van der Waals surface area contributed by atoms with Crippen molar-refractivity contribution in [3.63, 3.8) is 0 Å². The van der Waals surface area contributed by atoms with Crippen LogP contribution in [0, 0.1) is 5.92 Å². The molecule has 1 aliphatic carbocycles. The maximum Gasteiger partial charge on any atom is 0.390 e. The summed E-state index contributed by atoms with van der Waals surface area (Å²) in [6.45, 7) is -0.0507. The molecule has 0 saturated heterocycles. The van der Waals surface area contributed by atoms with Gasteiger partial charge in [0.15, 0.2) is 5.76 Å². The maximum absolute atomic E-state index is 12.7. The Labute approximate surface area is 153 Å². The third-order valence-electron chi connectivity index (χ3n) is 4.57. The van der Waals surface area contributed by atoms with Crippen LogP contribution in [0.25, 0.3) is 22.3 Å². The summed E-state index contributed by atoms with van der Waals surface area (Å²) in [7, 11) is 0. The largest absolute Gasteiger partial charge is 0.458 e. The van der Waals surface area contributed by atoms with Crippen LogP contribution >= 0.6 is 0 Å². The highest BCUT2D eigenvalue weighted by molar-refractivity contribution is 5.95. The molecule has 0 aromatic carbocycles. The zero-order valence-corrected chi connectivity index (χ0v) is 14.3. The number of fused-ring (bicyclic) bond motifs is 1. The number of carbonyl (C=O) groups excluding carboxylic acids is 1. The molecule has 6 nitrogen and oxygen atoms in total. The normalized spacial score (nSPS) is 14.6. The van der Waals surface area contributed by atoms with E-state index in [9.17, 15) is 18.0 Å². The SMILES string of the molecule is O=C(c1cc(-c2ncnc3[nH]ccc23)co1)N(CCC(F)(F)F)CC1CC1.[HH]. The van der Waals surface area contributed by atoms with Crippen molar-refractivity contribution in [3.05, 3.63) is 36.7 Å². The summed E-state index contributed by atoms with van der Waals surface area (Å²) in [6, 6.07) is 3.33. The number of aromatic nitrogens is 3. The lowest BCUT2D eigenvalue weighted by Crippen LogP contribution is -2.35. The molecule has 4 rings (SSSR count). The van der Waals surface area contributed by atoms with E-state index in [2.05, 4.69) is 15.0 Å². The van der Waals surface area contributed by atoms with Crippen LogP contribution in [0.1, 0.15) is 31.2 Å². The molecule has 0 aliphatic heterocycles. The minimum absolute atomic E-state index is 0. The van der Waals surface area contributed by atoms with Gasteiger partial charge in [-0.3, -0.25) is 4.79 Å². The first-order valence-electron chi connectivity index (χ1n) is 8.64. The second-order valence-electron chi connectivity index (χ2n) is 6.72.